The van der Waals surface area contributed by atoms with Crippen LogP contribution in [0.5, 0.6) is 0 Å². The van der Waals surface area contributed by atoms with E-state index in [2.05, 4.69) is 21.2 Å². The first-order valence-corrected chi connectivity index (χ1v) is 7.79. The number of carbonyl (C=O) groups excluding carboxylic acids is 1. The summed E-state index contributed by atoms with van der Waals surface area (Å²) < 4.78 is 39.5. The fourth-order valence-corrected chi connectivity index (χ4v) is 3.08. The highest BCUT2D eigenvalue weighted by Gasteiger charge is 2.45. The highest BCUT2D eigenvalue weighted by atomic mass is 79.9. The monoisotopic (exact) mass is 383 g/mol. The zero-order valence-corrected chi connectivity index (χ0v) is 13.4. The van der Waals surface area contributed by atoms with Crippen LogP contribution in [0.3, 0.4) is 0 Å². The van der Waals surface area contributed by atoms with Crippen molar-refractivity contribution in [1.29, 1.82) is 0 Å². The molecule has 1 aromatic rings. The summed E-state index contributed by atoms with van der Waals surface area (Å²) in [6.45, 7) is 0. The van der Waals surface area contributed by atoms with Crippen LogP contribution in [0.4, 0.5) is 13.2 Å². The van der Waals surface area contributed by atoms with Crippen LogP contribution >= 0.6 is 27.5 Å². The summed E-state index contributed by atoms with van der Waals surface area (Å²) in [5.41, 5.74) is 0.290. The maximum absolute atomic E-state index is 13.0. The Kier molecular flexibility index (Phi) is 5.20. The van der Waals surface area contributed by atoms with Gasteiger partial charge in [0.25, 0.3) is 5.91 Å². The zero-order valence-electron chi connectivity index (χ0n) is 11.0. The molecular formula is C14H14BrClF3NO. The number of amides is 1. The van der Waals surface area contributed by atoms with Crippen molar-refractivity contribution < 1.29 is 18.0 Å². The first-order valence-electron chi connectivity index (χ1n) is 6.61. The Morgan fingerprint density at radius 1 is 1.29 bits per heavy atom. The van der Waals surface area contributed by atoms with Crippen molar-refractivity contribution in [3.63, 3.8) is 0 Å². The van der Waals surface area contributed by atoms with Crippen molar-refractivity contribution in [3.05, 3.63) is 33.3 Å². The molecule has 21 heavy (non-hydrogen) atoms. The summed E-state index contributed by atoms with van der Waals surface area (Å²) in [5.74, 6) is -1.97. The van der Waals surface area contributed by atoms with Crippen molar-refractivity contribution in [2.24, 2.45) is 5.92 Å². The molecule has 2 unspecified atom stereocenters. The number of rotatable bonds is 2. The van der Waals surface area contributed by atoms with Crippen molar-refractivity contribution in [3.8, 4) is 0 Å². The van der Waals surface area contributed by atoms with E-state index in [0.717, 1.165) is 0 Å². The molecule has 1 saturated carbocycles. The quantitative estimate of drug-likeness (QED) is 0.768. The molecule has 1 amide bonds. The van der Waals surface area contributed by atoms with Crippen LogP contribution in [0, 0.1) is 5.92 Å². The second-order valence-electron chi connectivity index (χ2n) is 5.14. The fraction of sp³-hybridized carbons (Fsp3) is 0.500. The van der Waals surface area contributed by atoms with Crippen LogP contribution < -0.4 is 5.32 Å². The fourth-order valence-electron chi connectivity index (χ4n) is 2.58. The molecule has 1 N–H and O–H groups in total. The molecule has 1 aliphatic carbocycles. The molecule has 2 atom stereocenters. The average molecular weight is 385 g/mol. The van der Waals surface area contributed by atoms with Gasteiger partial charge in [0.05, 0.1) is 10.9 Å². The molecule has 0 aromatic heterocycles. The molecule has 1 aliphatic rings. The van der Waals surface area contributed by atoms with Gasteiger partial charge >= 0.3 is 6.18 Å². The molecule has 116 valence electrons. The predicted molar refractivity (Wildman–Crippen MR) is 78.4 cm³/mol. The minimum absolute atomic E-state index is 0.0682. The van der Waals surface area contributed by atoms with Gasteiger partial charge in [-0.3, -0.25) is 4.79 Å². The van der Waals surface area contributed by atoms with Gasteiger partial charge in [0.2, 0.25) is 0 Å². The van der Waals surface area contributed by atoms with Crippen LogP contribution in [-0.4, -0.2) is 18.1 Å². The molecule has 0 heterocycles. The third kappa shape index (κ3) is 4.13. The molecule has 2 rings (SSSR count). The Bertz CT molecular complexity index is 535. The number of benzene rings is 1. The molecule has 7 heteroatoms. The van der Waals surface area contributed by atoms with Gasteiger partial charge in [0.1, 0.15) is 0 Å². The van der Waals surface area contributed by atoms with Gasteiger partial charge in [-0.1, -0.05) is 24.4 Å². The molecule has 0 aliphatic heterocycles. The lowest BCUT2D eigenvalue weighted by Gasteiger charge is -2.33. The largest absolute Gasteiger partial charge is 0.393 e. The van der Waals surface area contributed by atoms with E-state index in [1.165, 1.54) is 18.2 Å². The van der Waals surface area contributed by atoms with Gasteiger partial charge < -0.3 is 5.32 Å². The molecular weight excluding hydrogens is 371 g/mol. The van der Waals surface area contributed by atoms with Crippen molar-refractivity contribution in [2.45, 2.75) is 37.9 Å². The number of halogens is 5. The van der Waals surface area contributed by atoms with Gasteiger partial charge in [-0.25, -0.2) is 0 Å². The Hall–Kier alpha value is -0.750. The van der Waals surface area contributed by atoms with Crippen molar-refractivity contribution >= 4 is 33.4 Å². The van der Waals surface area contributed by atoms with E-state index < -0.39 is 24.0 Å². The summed E-state index contributed by atoms with van der Waals surface area (Å²) in [5, 5.41) is 2.96. The van der Waals surface area contributed by atoms with Crippen LogP contribution in [-0.2, 0) is 0 Å². The number of hydrogen-bond donors (Lipinski definition) is 1. The molecule has 1 aromatic carbocycles. The predicted octanol–water partition coefficient (Wildman–Crippen LogP) is 4.95. The topological polar surface area (TPSA) is 29.1 Å². The number of nitrogens with one attached hydrogen (secondary N) is 1. The molecule has 0 radical (unpaired) electrons. The van der Waals surface area contributed by atoms with Crippen molar-refractivity contribution in [2.75, 3.05) is 0 Å². The van der Waals surface area contributed by atoms with Gasteiger partial charge in [-0.2, -0.15) is 13.2 Å². The lowest BCUT2D eigenvalue weighted by molar-refractivity contribution is -0.187. The molecule has 0 saturated heterocycles. The second kappa shape index (κ2) is 6.57. The third-order valence-electron chi connectivity index (χ3n) is 3.68. The van der Waals surface area contributed by atoms with Crippen molar-refractivity contribution in [1.82, 2.24) is 5.32 Å². The van der Waals surface area contributed by atoms with E-state index in [4.69, 9.17) is 11.6 Å². The Balaban J connectivity index is 2.11. The Morgan fingerprint density at radius 2 is 1.95 bits per heavy atom. The number of hydrogen-bond acceptors (Lipinski definition) is 1. The van der Waals surface area contributed by atoms with E-state index >= 15 is 0 Å². The average Bonchev–Trinajstić information content (AvgIpc) is 2.41. The van der Waals surface area contributed by atoms with E-state index in [-0.39, 0.29) is 12.0 Å². The second-order valence-corrected chi connectivity index (χ2v) is 6.40. The minimum Gasteiger partial charge on any atom is -0.349 e. The van der Waals surface area contributed by atoms with E-state index in [0.29, 0.717) is 28.8 Å². The van der Waals surface area contributed by atoms with Crippen LogP contribution in [0.1, 0.15) is 36.0 Å². The van der Waals surface area contributed by atoms with Gasteiger partial charge in [0.15, 0.2) is 0 Å². The van der Waals surface area contributed by atoms with E-state index in [1.807, 2.05) is 0 Å². The standard InChI is InChI=1S/C14H14BrClF3NO/c15-10-7-8(5-6-11(10)16)13(21)20-12-4-2-1-3-9(12)14(17,18)19/h5-7,9,12H,1-4H2,(H,20,21). The smallest absolute Gasteiger partial charge is 0.349 e. The third-order valence-corrected chi connectivity index (χ3v) is 4.90. The lowest BCUT2D eigenvalue weighted by atomic mass is 9.84. The Morgan fingerprint density at radius 3 is 2.57 bits per heavy atom. The van der Waals surface area contributed by atoms with Crippen LogP contribution in [0.2, 0.25) is 5.02 Å². The summed E-state index contributed by atoms with van der Waals surface area (Å²) in [7, 11) is 0. The number of alkyl halides is 3. The minimum atomic E-state index is -4.28. The summed E-state index contributed by atoms with van der Waals surface area (Å²) >= 11 is 9.02. The van der Waals surface area contributed by atoms with Gasteiger partial charge in [-0.05, 0) is 47.0 Å². The lowest BCUT2D eigenvalue weighted by Crippen LogP contribution is -2.47. The van der Waals surface area contributed by atoms with Crippen LogP contribution in [0.15, 0.2) is 22.7 Å². The van der Waals surface area contributed by atoms with Gasteiger partial charge in [0, 0.05) is 16.1 Å². The van der Waals surface area contributed by atoms with E-state index in [1.54, 1.807) is 0 Å². The van der Waals surface area contributed by atoms with E-state index in [9.17, 15) is 18.0 Å². The summed E-state index contributed by atoms with van der Waals surface area (Å²) in [6.07, 6.45) is -2.62. The highest BCUT2D eigenvalue weighted by Crippen LogP contribution is 2.37. The highest BCUT2D eigenvalue weighted by molar-refractivity contribution is 9.10. The molecule has 0 spiro atoms. The molecule has 0 bridgehead atoms. The first-order chi connectivity index (χ1) is 9.79. The molecule has 1 fully saturated rings. The Labute approximate surface area is 134 Å². The number of carbonyl (C=O) groups is 1. The maximum atomic E-state index is 13.0. The SMILES string of the molecule is O=C(NC1CCCCC1C(F)(F)F)c1ccc(Cl)c(Br)c1. The maximum Gasteiger partial charge on any atom is 0.393 e. The summed E-state index contributed by atoms with van der Waals surface area (Å²) in [6, 6.07) is 3.67. The summed E-state index contributed by atoms with van der Waals surface area (Å²) in [4.78, 5) is 12.1. The van der Waals surface area contributed by atoms with Gasteiger partial charge in [-0.15, -0.1) is 0 Å². The molecule has 2 nitrogen and oxygen atoms in total. The zero-order chi connectivity index (χ0) is 15.6. The van der Waals surface area contributed by atoms with Crippen LogP contribution in [0.25, 0.3) is 0 Å². The first kappa shape index (κ1) is 16.6. The normalized spacial score (nSPS) is 22.9.